The topological polar surface area (TPSA) is 72.7 Å². The van der Waals surface area contributed by atoms with E-state index in [0.29, 0.717) is 0 Å². The molecular formula is C18H14N2O4. The van der Waals surface area contributed by atoms with E-state index in [-0.39, 0.29) is 17.4 Å². The number of nitro benzene ring substituents is 1. The van der Waals surface area contributed by atoms with Gasteiger partial charge in [-0.1, -0.05) is 42.5 Å². The van der Waals surface area contributed by atoms with Gasteiger partial charge < -0.3 is 4.74 Å². The summed E-state index contributed by atoms with van der Waals surface area (Å²) in [5, 5.41) is 10.6. The van der Waals surface area contributed by atoms with Crippen molar-refractivity contribution < 1.29 is 14.5 Å². The third-order valence-corrected chi connectivity index (χ3v) is 3.56. The SMILES string of the molecule is O=C(Oc1ccc([N+](=O)[O-])cc1)N1C=CC(c2ccccc2)C=C1. The average Bonchev–Trinajstić information content (AvgIpc) is 2.63. The molecule has 120 valence electrons. The van der Waals surface area contributed by atoms with Crippen LogP contribution in [0.2, 0.25) is 0 Å². The van der Waals surface area contributed by atoms with Gasteiger partial charge in [-0.15, -0.1) is 0 Å². The summed E-state index contributed by atoms with van der Waals surface area (Å²) in [6.07, 6.45) is 6.50. The third kappa shape index (κ3) is 3.49. The lowest BCUT2D eigenvalue weighted by Gasteiger charge is -2.19. The van der Waals surface area contributed by atoms with Gasteiger partial charge in [0.15, 0.2) is 0 Å². The maximum atomic E-state index is 12.1. The Balaban J connectivity index is 1.63. The smallest absolute Gasteiger partial charge is 0.410 e. The minimum atomic E-state index is -0.581. The number of ether oxygens (including phenoxy) is 1. The second kappa shape index (κ2) is 6.78. The van der Waals surface area contributed by atoms with Gasteiger partial charge in [-0.05, 0) is 17.7 Å². The van der Waals surface area contributed by atoms with Crippen LogP contribution < -0.4 is 4.74 Å². The van der Waals surface area contributed by atoms with Crippen molar-refractivity contribution in [3.63, 3.8) is 0 Å². The van der Waals surface area contributed by atoms with Crippen LogP contribution in [0.1, 0.15) is 11.5 Å². The molecule has 0 fully saturated rings. The zero-order chi connectivity index (χ0) is 16.9. The lowest BCUT2D eigenvalue weighted by atomic mass is 9.98. The van der Waals surface area contributed by atoms with E-state index in [0.717, 1.165) is 5.56 Å². The molecule has 1 aliphatic rings. The van der Waals surface area contributed by atoms with Gasteiger partial charge in [0.1, 0.15) is 5.75 Å². The molecule has 1 aliphatic heterocycles. The number of benzene rings is 2. The molecule has 0 spiro atoms. The molecule has 1 heterocycles. The first-order valence-electron chi connectivity index (χ1n) is 7.30. The van der Waals surface area contributed by atoms with E-state index in [2.05, 4.69) is 0 Å². The summed E-state index contributed by atoms with van der Waals surface area (Å²) < 4.78 is 5.19. The quantitative estimate of drug-likeness (QED) is 0.626. The number of allylic oxidation sites excluding steroid dienone is 2. The molecule has 24 heavy (non-hydrogen) atoms. The second-order valence-electron chi connectivity index (χ2n) is 5.15. The summed E-state index contributed by atoms with van der Waals surface area (Å²) in [4.78, 5) is 23.5. The summed E-state index contributed by atoms with van der Waals surface area (Å²) >= 11 is 0. The molecule has 1 amide bonds. The molecule has 0 N–H and O–H groups in total. The molecule has 0 aliphatic carbocycles. The number of hydrogen-bond donors (Lipinski definition) is 0. The van der Waals surface area contributed by atoms with Gasteiger partial charge >= 0.3 is 6.09 Å². The predicted octanol–water partition coefficient (Wildman–Crippen LogP) is 4.22. The Labute approximate surface area is 138 Å². The Bertz CT molecular complexity index is 784. The van der Waals surface area contributed by atoms with Crippen molar-refractivity contribution in [1.82, 2.24) is 4.90 Å². The normalized spacial score (nSPS) is 13.8. The molecule has 2 aromatic carbocycles. The standard InChI is InChI=1S/C18H14N2O4/c21-18(24-17-8-6-16(7-9-17)20(22)23)19-12-10-15(11-13-19)14-4-2-1-3-5-14/h1-13,15H. The molecule has 6 nitrogen and oxygen atoms in total. The van der Waals surface area contributed by atoms with Crippen molar-refractivity contribution in [1.29, 1.82) is 0 Å². The number of amides is 1. The van der Waals surface area contributed by atoms with Crippen LogP contribution in [0.5, 0.6) is 5.75 Å². The van der Waals surface area contributed by atoms with Crippen molar-refractivity contribution in [2.75, 3.05) is 0 Å². The van der Waals surface area contributed by atoms with Crippen molar-refractivity contribution >= 4 is 11.8 Å². The van der Waals surface area contributed by atoms with E-state index in [1.54, 1.807) is 12.4 Å². The van der Waals surface area contributed by atoms with Crippen LogP contribution in [-0.4, -0.2) is 15.9 Å². The van der Waals surface area contributed by atoms with Crippen LogP contribution in [0.25, 0.3) is 0 Å². The number of nitro groups is 1. The summed E-state index contributed by atoms with van der Waals surface area (Å²) in [5.41, 5.74) is 1.08. The molecule has 2 aromatic rings. The fourth-order valence-corrected chi connectivity index (χ4v) is 2.29. The van der Waals surface area contributed by atoms with Crippen LogP contribution in [0, 0.1) is 10.1 Å². The first-order valence-corrected chi connectivity index (χ1v) is 7.30. The van der Waals surface area contributed by atoms with E-state index < -0.39 is 11.0 Å². The zero-order valence-electron chi connectivity index (χ0n) is 12.6. The lowest BCUT2D eigenvalue weighted by Crippen LogP contribution is -2.25. The van der Waals surface area contributed by atoms with Crippen LogP contribution in [0.4, 0.5) is 10.5 Å². The summed E-state index contributed by atoms with van der Waals surface area (Å²) in [7, 11) is 0. The molecular weight excluding hydrogens is 308 g/mol. The first-order chi connectivity index (χ1) is 11.6. The van der Waals surface area contributed by atoms with E-state index >= 15 is 0 Å². The number of rotatable bonds is 3. The highest BCUT2D eigenvalue weighted by molar-refractivity contribution is 5.73. The van der Waals surface area contributed by atoms with Crippen LogP contribution >= 0.6 is 0 Å². The average molecular weight is 322 g/mol. The largest absolute Gasteiger partial charge is 0.423 e. The Morgan fingerprint density at radius 1 is 1.00 bits per heavy atom. The second-order valence-corrected chi connectivity index (χ2v) is 5.15. The minimum Gasteiger partial charge on any atom is -0.410 e. The fourth-order valence-electron chi connectivity index (χ4n) is 2.29. The van der Waals surface area contributed by atoms with Crippen molar-refractivity contribution in [2.24, 2.45) is 0 Å². The van der Waals surface area contributed by atoms with Gasteiger partial charge in [-0.25, -0.2) is 4.79 Å². The maximum absolute atomic E-state index is 12.1. The Morgan fingerprint density at radius 2 is 1.62 bits per heavy atom. The summed E-state index contributed by atoms with van der Waals surface area (Å²) in [5.74, 6) is 0.354. The zero-order valence-corrected chi connectivity index (χ0v) is 12.6. The first kappa shape index (κ1) is 15.5. The third-order valence-electron chi connectivity index (χ3n) is 3.56. The molecule has 0 bridgehead atoms. The maximum Gasteiger partial charge on any atom is 0.423 e. The van der Waals surface area contributed by atoms with Crippen LogP contribution in [-0.2, 0) is 0 Å². The number of carbonyl (C=O) groups is 1. The molecule has 3 rings (SSSR count). The van der Waals surface area contributed by atoms with Crippen molar-refractivity contribution in [3.8, 4) is 5.75 Å². The Morgan fingerprint density at radius 3 is 2.21 bits per heavy atom. The highest BCUT2D eigenvalue weighted by atomic mass is 16.6. The van der Waals surface area contributed by atoms with E-state index in [1.807, 2.05) is 42.5 Å². The summed E-state index contributed by atoms with van der Waals surface area (Å²) in [6.45, 7) is 0. The Kier molecular flexibility index (Phi) is 4.38. The van der Waals surface area contributed by atoms with Gasteiger partial charge in [-0.3, -0.25) is 15.0 Å². The van der Waals surface area contributed by atoms with Gasteiger partial charge in [0.25, 0.3) is 5.69 Å². The van der Waals surface area contributed by atoms with E-state index in [4.69, 9.17) is 4.74 Å². The summed E-state index contributed by atoms with van der Waals surface area (Å²) in [6, 6.07) is 15.3. The molecule has 0 radical (unpaired) electrons. The number of nitrogens with zero attached hydrogens (tertiary/aromatic N) is 2. The van der Waals surface area contributed by atoms with Gasteiger partial charge in [0, 0.05) is 30.5 Å². The molecule has 0 aromatic heterocycles. The molecule has 0 atom stereocenters. The van der Waals surface area contributed by atoms with E-state index in [1.165, 1.54) is 29.2 Å². The monoisotopic (exact) mass is 322 g/mol. The lowest BCUT2D eigenvalue weighted by molar-refractivity contribution is -0.384. The highest BCUT2D eigenvalue weighted by Crippen LogP contribution is 2.23. The molecule has 0 unspecified atom stereocenters. The number of non-ortho nitro benzene ring substituents is 1. The van der Waals surface area contributed by atoms with E-state index in [9.17, 15) is 14.9 Å². The Hall–Kier alpha value is -3.41. The molecule has 0 saturated heterocycles. The van der Waals surface area contributed by atoms with Gasteiger partial charge in [0.05, 0.1) is 4.92 Å². The fraction of sp³-hybridized carbons (Fsp3) is 0.0556. The number of carbonyl (C=O) groups excluding carboxylic acids is 1. The van der Waals surface area contributed by atoms with Crippen LogP contribution in [0.3, 0.4) is 0 Å². The van der Waals surface area contributed by atoms with Gasteiger partial charge in [0.2, 0.25) is 0 Å². The predicted molar refractivity (Wildman–Crippen MR) is 88.4 cm³/mol. The van der Waals surface area contributed by atoms with Crippen molar-refractivity contribution in [3.05, 3.63) is 94.8 Å². The number of hydrogen-bond acceptors (Lipinski definition) is 4. The van der Waals surface area contributed by atoms with Crippen molar-refractivity contribution in [2.45, 2.75) is 5.92 Å². The minimum absolute atomic E-state index is 0.0572. The van der Waals surface area contributed by atoms with Gasteiger partial charge in [-0.2, -0.15) is 0 Å². The molecule has 6 heteroatoms. The highest BCUT2D eigenvalue weighted by Gasteiger charge is 2.16. The van der Waals surface area contributed by atoms with Crippen LogP contribution in [0.15, 0.2) is 79.1 Å². The molecule has 0 saturated carbocycles.